The van der Waals surface area contributed by atoms with Crippen molar-refractivity contribution in [2.75, 3.05) is 11.9 Å². The van der Waals surface area contributed by atoms with Crippen LogP contribution >= 0.6 is 11.6 Å². The Morgan fingerprint density at radius 2 is 2.17 bits per heavy atom. The maximum absolute atomic E-state index is 12.4. The summed E-state index contributed by atoms with van der Waals surface area (Å²) in [5.74, 6) is 0.941. The van der Waals surface area contributed by atoms with E-state index in [-0.39, 0.29) is 11.9 Å². The molecular formula is C19H19ClN8O. The second-order valence-corrected chi connectivity index (χ2v) is 7.53. The van der Waals surface area contributed by atoms with Gasteiger partial charge >= 0.3 is 0 Å². The van der Waals surface area contributed by atoms with Crippen LogP contribution in [0.1, 0.15) is 19.3 Å². The molecule has 1 amide bonds. The average molecular weight is 411 g/mol. The van der Waals surface area contributed by atoms with Gasteiger partial charge in [0, 0.05) is 19.8 Å². The third kappa shape index (κ3) is 3.17. The van der Waals surface area contributed by atoms with Crippen LogP contribution in [-0.4, -0.2) is 47.9 Å². The van der Waals surface area contributed by atoms with Crippen molar-refractivity contribution >= 4 is 40.0 Å². The zero-order valence-electron chi connectivity index (χ0n) is 15.8. The van der Waals surface area contributed by atoms with E-state index in [0.29, 0.717) is 39.9 Å². The molecular weight excluding hydrogens is 392 g/mol. The summed E-state index contributed by atoms with van der Waals surface area (Å²) in [5, 5.41) is 16.3. The molecule has 0 radical (unpaired) electrons. The molecule has 1 saturated heterocycles. The number of anilines is 1. The Labute approximate surface area is 171 Å². The van der Waals surface area contributed by atoms with Gasteiger partial charge in [-0.1, -0.05) is 17.7 Å². The highest BCUT2D eigenvalue weighted by molar-refractivity contribution is 6.36. The highest BCUT2D eigenvalue weighted by atomic mass is 35.5. The summed E-state index contributed by atoms with van der Waals surface area (Å²) in [7, 11) is 1.84. The molecule has 1 aliphatic rings. The number of amides is 1. The number of carbonyl (C=O) groups is 1. The van der Waals surface area contributed by atoms with E-state index in [1.165, 1.54) is 0 Å². The van der Waals surface area contributed by atoms with Gasteiger partial charge < -0.3 is 10.6 Å². The summed E-state index contributed by atoms with van der Waals surface area (Å²) >= 11 is 6.46. The normalized spacial score (nSPS) is 17.4. The molecule has 1 aromatic carbocycles. The molecule has 0 aliphatic carbocycles. The van der Waals surface area contributed by atoms with Crippen molar-refractivity contribution in [2.45, 2.75) is 25.3 Å². The van der Waals surface area contributed by atoms with Crippen LogP contribution in [0.3, 0.4) is 0 Å². The SMILES string of the molecule is Cn1cc(-c2nc3c4c(Cl)cccc4nc(N[C@@H]4CCCCNC4=O)n3n2)cn1. The Balaban J connectivity index is 1.69. The third-order valence-corrected chi connectivity index (χ3v) is 5.37. The summed E-state index contributed by atoms with van der Waals surface area (Å²) < 4.78 is 3.31. The number of benzene rings is 1. The summed E-state index contributed by atoms with van der Waals surface area (Å²) in [6.07, 6.45) is 6.20. The minimum atomic E-state index is -0.379. The summed E-state index contributed by atoms with van der Waals surface area (Å²) in [6.45, 7) is 0.696. The number of fused-ring (bicyclic) bond motifs is 3. The van der Waals surface area contributed by atoms with Crippen LogP contribution in [0.25, 0.3) is 27.9 Å². The van der Waals surface area contributed by atoms with E-state index in [2.05, 4.69) is 20.8 Å². The molecule has 148 valence electrons. The molecule has 0 unspecified atom stereocenters. The van der Waals surface area contributed by atoms with Gasteiger partial charge in [0.05, 0.1) is 27.7 Å². The first-order valence-electron chi connectivity index (χ1n) is 9.48. The standard InChI is InChI=1S/C19H19ClN8O/c1-27-10-11(9-22-27)16-25-17-15-12(20)5-4-7-13(15)23-19(28(17)26-16)24-14-6-2-3-8-21-18(14)29/h4-5,7,9-10,14H,2-3,6,8H2,1H3,(H,21,29)(H,23,24)/t14-/m1/s1. The first-order valence-corrected chi connectivity index (χ1v) is 9.86. The Morgan fingerprint density at radius 3 is 3.00 bits per heavy atom. The lowest BCUT2D eigenvalue weighted by Gasteiger charge is -2.16. The highest BCUT2D eigenvalue weighted by Gasteiger charge is 2.24. The lowest BCUT2D eigenvalue weighted by atomic mass is 10.1. The Bertz CT molecular complexity index is 1230. The van der Waals surface area contributed by atoms with Gasteiger partial charge in [0.2, 0.25) is 11.9 Å². The molecule has 3 aromatic heterocycles. The second-order valence-electron chi connectivity index (χ2n) is 7.13. The van der Waals surface area contributed by atoms with E-state index in [1.807, 2.05) is 25.4 Å². The van der Waals surface area contributed by atoms with Crippen LogP contribution < -0.4 is 10.6 Å². The minimum absolute atomic E-state index is 0.0313. The van der Waals surface area contributed by atoms with Crippen molar-refractivity contribution in [3.05, 3.63) is 35.6 Å². The van der Waals surface area contributed by atoms with Crippen LogP contribution in [0.15, 0.2) is 30.6 Å². The zero-order chi connectivity index (χ0) is 20.0. The average Bonchev–Trinajstić information content (AvgIpc) is 3.28. The van der Waals surface area contributed by atoms with Crippen LogP contribution in [0.2, 0.25) is 5.02 Å². The quantitative estimate of drug-likeness (QED) is 0.537. The van der Waals surface area contributed by atoms with Crippen molar-refractivity contribution in [1.29, 1.82) is 0 Å². The van der Waals surface area contributed by atoms with Crippen LogP contribution in [0.4, 0.5) is 5.95 Å². The number of hydrogen-bond acceptors (Lipinski definition) is 6. The summed E-state index contributed by atoms with van der Waals surface area (Å²) in [4.78, 5) is 21.8. The minimum Gasteiger partial charge on any atom is -0.354 e. The molecule has 4 aromatic rings. The van der Waals surface area contributed by atoms with Gasteiger partial charge in [0.1, 0.15) is 6.04 Å². The van der Waals surface area contributed by atoms with Gasteiger partial charge in [-0.05, 0) is 31.4 Å². The van der Waals surface area contributed by atoms with Crippen molar-refractivity contribution in [1.82, 2.24) is 34.7 Å². The van der Waals surface area contributed by atoms with E-state index in [4.69, 9.17) is 21.6 Å². The zero-order valence-corrected chi connectivity index (χ0v) is 16.5. The fourth-order valence-corrected chi connectivity index (χ4v) is 3.85. The molecule has 4 heterocycles. The van der Waals surface area contributed by atoms with E-state index in [9.17, 15) is 4.79 Å². The fraction of sp³-hybridized carbons (Fsp3) is 0.316. The van der Waals surface area contributed by atoms with Gasteiger partial charge in [0.25, 0.3) is 0 Å². The van der Waals surface area contributed by atoms with Crippen LogP contribution in [0.5, 0.6) is 0 Å². The molecule has 1 aliphatic heterocycles. The monoisotopic (exact) mass is 410 g/mol. The van der Waals surface area contributed by atoms with Gasteiger partial charge in [-0.3, -0.25) is 9.48 Å². The fourth-order valence-electron chi connectivity index (χ4n) is 3.60. The van der Waals surface area contributed by atoms with Crippen LogP contribution in [0, 0.1) is 0 Å². The number of hydrogen-bond donors (Lipinski definition) is 2. The maximum atomic E-state index is 12.4. The van der Waals surface area contributed by atoms with E-state index >= 15 is 0 Å². The highest BCUT2D eigenvalue weighted by Crippen LogP contribution is 2.29. The molecule has 2 N–H and O–H groups in total. The number of nitrogens with one attached hydrogen (secondary N) is 2. The van der Waals surface area contributed by atoms with E-state index in [1.54, 1.807) is 21.5 Å². The number of aryl methyl sites for hydroxylation is 1. The largest absolute Gasteiger partial charge is 0.354 e. The predicted molar refractivity (Wildman–Crippen MR) is 110 cm³/mol. The molecule has 0 saturated carbocycles. The molecule has 29 heavy (non-hydrogen) atoms. The van der Waals surface area contributed by atoms with Crippen molar-refractivity contribution in [2.24, 2.45) is 7.05 Å². The number of carbonyl (C=O) groups excluding carboxylic acids is 1. The second kappa shape index (κ2) is 7.00. The number of halogens is 1. The molecule has 1 fully saturated rings. The van der Waals surface area contributed by atoms with Crippen molar-refractivity contribution in [3.8, 4) is 11.4 Å². The summed E-state index contributed by atoms with van der Waals surface area (Å²) in [5.41, 5.74) is 2.05. The lowest BCUT2D eigenvalue weighted by molar-refractivity contribution is -0.121. The van der Waals surface area contributed by atoms with Gasteiger partial charge in [-0.15, -0.1) is 5.10 Å². The van der Waals surface area contributed by atoms with E-state index in [0.717, 1.165) is 24.8 Å². The molecule has 10 heteroatoms. The topological polar surface area (TPSA) is 102 Å². The maximum Gasteiger partial charge on any atom is 0.242 e. The van der Waals surface area contributed by atoms with E-state index < -0.39 is 0 Å². The van der Waals surface area contributed by atoms with Crippen molar-refractivity contribution in [3.63, 3.8) is 0 Å². The molecule has 9 nitrogen and oxygen atoms in total. The Morgan fingerprint density at radius 1 is 1.28 bits per heavy atom. The van der Waals surface area contributed by atoms with Gasteiger partial charge in [-0.2, -0.15) is 9.61 Å². The number of aromatic nitrogens is 6. The molecule has 5 rings (SSSR count). The van der Waals surface area contributed by atoms with Gasteiger partial charge in [0.15, 0.2) is 11.5 Å². The first-order chi connectivity index (χ1) is 14.1. The van der Waals surface area contributed by atoms with Crippen LogP contribution in [-0.2, 0) is 11.8 Å². The summed E-state index contributed by atoms with van der Waals surface area (Å²) in [6, 6.07) is 5.14. The Kier molecular flexibility index (Phi) is 4.31. The Hall–Kier alpha value is -3.20. The smallest absolute Gasteiger partial charge is 0.242 e. The first kappa shape index (κ1) is 17.9. The van der Waals surface area contributed by atoms with Gasteiger partial charge in [-0.25, -0.2) is 9.97 Å². The predicted octanol–water partition coefficient (Wildman–Crippen LogP) is 2.41. The number of nitrogens with zero attached hydrogens (tertiary/aromatic N) is 6. The van der Waals surface area contributed by atoms with Crippen molar-refractivity contribution < 1.29 is 4.79 Å². The number of rotatable bonds is 3. The third-order valence-electron chi connectivity index (χ3n) is 5.05. The molecule has 0 spiro atoms. The molecule has 0 bridgehead atoms. The lowest BCUT2D eigenvalue weighted by Crippen LogP contribution is -2.38. The molecule has 1 atom stereocenters.